The van der Waals surface area contributed by atoms with Crippen LogP contribution in [0.25, 0.3) is 0 Å². The van der Waals surface area contributed by atoms with Crippen LogP contribution in [0.2, 0.25) is 0 Å². The van der Waals surface area contributed by atoms with E-state index < -0.39 is 29.7 Å². The molecule has 1 amide bonds. The van der Waals surface area contributed by atoms with Crippen molar-refractivity contribution in [3.63, 3.8) is 0 Å². The SMILES string of the molecule is O=C(N/N=C\c1cc(Br)ccc1O)C(F)(F)C(F)(F)C(F)(F)F. The fourth-order valence-electron chi connectivity index (χ4n) is 1.18. The van der Waals surface area contributed by atoms with E-state index in [0.29, 0.717) is 10.7 Å². The topological polar surface area (TPSA) is 61.7 Å². The second kappa shape index (κ2) is 6.34. The minimum absolute atomic E-state index is 0.120. The normalized spacial score (nSPS) is 13.4. The van der Waals surface area contributed by atoms with Gasteiger partial charge in [0.25, 0.3) is 0 Å². The van der Waals surface area contributed by atoms with Crippen LogP contribution in [0, 0.1) is 0 Å². The molecule has 1 aromatic rings. The zero-order valence-corrected chi connectivity index (χ0v) is 12.2. The van der Waals surface area contributed by atoms with Crippen LogP contribution in [-0.2, 0) is 4.79 Å². The first-order valence-corrected chi connectivity index (χ1v) is 6.24. The van der Waals surface area contributed by atoms with E-state index in [1.807, 2.05) is 0 Å². The number of phenolic OH excluding ortho intramolecular Hbond substituents is 1. The van der Waals surface area contributed by atoms with E-state index in [1.54, 1.807) is 0 Å². The van der Waals surface area contributed by atoms with Crippen molar-refractivity contribution in [2.45, 2.75) is 18.0 Å². The first-order chi connectivity index (χ1) is 10.3. The number of nitrogens with one attached hydrogen (secondary N) is 1. The fraction of sp³-hybridized carbons (Fsp3) is 0.273. The number of carbonyl (C=O) groups excluding carboxylic acids is 1. The average Bonchev–Trinajstić information content (AvgIpc) is 2.41. The molecular formula is C11H6BrF7N2O2. The summed E-state index contributed by atoms with van der Waals surface area (Å²) in [6.45, 7) is 0. The number of phenols is 1. The molecule has 0 heterocycles. The van der Waals surface area contributed by atoms with Gasteiger partial charge in [0.15, 0.2) is 0 Å². The van der Waals surface area contributed by atoms with Gasteiger partial charge < -0.3 is 5.11 Å². The van der Waals surface area contributed by atoms with Gasteiger partial charge in [-0.2, -0.15) is 35.8 Å². The number of amides is 1. The maximum Gasteiger partial charge on any atom is 0.460 e. The minimum Gasteiger partial charge on any atom is -0.507 e. The molecule has 0 radical (unpaired) electrons. The van der Waals surface area contributed by atoms with Gasteiger partial charge in [0.05, 0.1) is 6.21 Å². The highest BCUT2D eigenvalue weighted by molar-refractivity contribution is 9.10. The maximum absolute atomic E-state index is 12.9. The van der Waals surface area contributed by atoms with Crippen molar-refractivity contribution in [1.29, 1.82) is 0 Å². The molecule has 12 heteroatoms. The van der Waals surface area contributed by atoms with Gasteiger partial charge in [-0.15, -0.1) is 0 Å². The zero-order valence-electron chi connectivity index (χ0n) is 10.6. The first kappa shape index (κ1) is 19.2. The van der Waals surface area contributed by atoms with Crippen LogP contribution in [0.4, 0.5) is 30.7 Å². The van der Waals surface area contributed by atoms with Gasteiger partial charge in [-0.1, -0.05) is 15.9 Å². The van der Waals surface area contributed by atoms with Crippen molar-refractivity contribution in [3.05, 3.63) is 28.2 Å². The highest BCUT2D eigenvalue weighted by Gasteiger charge is 2.76. The Morgan fingerprint density at radius 2 is 1.74 bits per heavy atom. The van der Waals surface area contributed by atoms with Crippen molar-refractivity contribution < 1.29 is 40.6 Å². The fourth-order valence-corrected chi connectivity index (χ4v) is 1.56. The van der Waals surface area contributed by atoms with Crippen LogP contribution in [0.3, 0.4) is 0 Å². The van der Waals surface area contributed by atoms with Gasteiger partial charge in [0.1, 0.15) is 5.75 Å². The molecule has 0 atom stereocenters. The molecule has 2 N–H and O–H groups in total. The van der Waals surface area contributed by atoms with Gasteiger partial charge in [0, 0.05) is 10.0 Å². The third kappa shape index (κ3) is 3.92. The highest BCUT2D eigenvalue weighted by Crippen LogP contribution is 2.46. The van der Waals surface area contributed by atoms with E-state index in [2.05, 4.69) is 21.0 Å². The predicted molar refractivity (Wildman–Crippen MR) is 67.5 cm³/mol. The molecule has 0 fully saturated rings. The van der Waals surface area contributed by atoms with Crippen molar-refractivity contribution in [2.75, 3.05) is 0 Å². The van der Waals surface area contributed by atoms with Crippen molar-refractivity contribution in [3.8, 4) is 5.75 Å². The second-order valence-electron chi connectivity index (χ2n) is 4.05. The van der Waals surface area contributed by atoms with Gasteiger partial charge in [0.2, 0.25) is 0 Å². The third-order valence-corrected chi connectivity index (χ3v) is 2.89. The van der Waals surface area contributed by atoms with E-state index in [-0.39, 0.29) is 5.56 Å². The van der Waals surface area contributed by atoms with Crippen LogP contribution >= 0.6 is 15.9 Å². The van der Waals surface area contributed by atoms with E-state index in [9.17, 15) is 40.6 Å². The molecule has 0 unspecified atom stereocenters. The number of benzene rings is 1. The molecule has 4 nitrogen and oxygen atoms in total. The molecule has 128 valence electrons. The van der Waals surface area contributed by atoms with Crippen LogP contribution < -0.4 is 5.43 Å². The Kier molecular flexibility index (Phi) is 5.29. The summed E-state index contributed by atoms with van der Waals surface area (Å²) < 4.78 is 87.2. The molecule has 0 saturated heterocycles. The molecule has 1 aromatic carbocycles. The molecule has 0 aliphatic rings. The van der Waals surface area contributed by atoms with Crippen molar-refractivity contribution in [2.24, 2.45) is 5.10 Å². The lowest BCUT2D eigenvalue weighted by Gasteiger charge is -2.26. The van der Waals surface area contributed by atoms with Gasteiger partial charge in [-0.25, -0.2) is 5.43 Å². The Morgan fingerprint density at radius 3 is 2.26 bits per heavy atom. The Bertz CT molecular complexity index is 631. The summed E-state index contributed by atoms with van der Waals surface area (Å²) >= 11 is 2.99. The number of halogens is 8. The maximum atomic E-state index is 12.9. The van der Waals surface area contributed by atoms with E-state index in [1.165, 1.54) is 12.1 Å². The summed E-state index contributed by atoms with van der Waals surface area (Å²) in [6.07, 6.45) is -6.04. The quantitative estimate of drug-likeness (QED) is 0.453. The number of hydrazone groups is 1. The number of rotatable bonds is 4. The summed E-state index contributed by atoms with van der Waals surface area (Å²) in [7, 11) is 0. The number of alkyl halides is 7. The Hall–Kier alpha value is -1.85. The van der Waals surface area contributed by atoms with E-state index in [4.69, 9.17) is 0 Å². The summed E-state index contributed by atoms with van der Waals surface area (Å²) in [5, 5.41) is 12.2. The predicted octanol–water partition coefficient (Wildman–Crippen LogP) is 3.44. The minimum atomic E-state index is -6.62. The Balaban J connectivity index is 2.91. The average molecular weight is 411 g/mol. The summed E-state index contributed by atoms with van der Waals surface area (Å²) in [6, 6.07) is 3.76. The van der Waals surface area contributed by atoms with Gasteiger partial charge >= 0.3 is 23.9 Å². The zero-order chi connectivity index (χ0) is 18.1. The van der Waals surface area contributed by atoms with Crippen LogP contribution in [0.15, 0.2) is 27.8 Å². The summed E-state index contributed by atoms with van der Waals surface area (Å²) in [5.74, 6) is -16.0. The van der Waals surface area contributed by atoms with Crippen LogP contribution in [0.1, 0.15) is 5.56 Å². The highest BCUT2D eigenvalue weighted by atomic mass is 79.9. The second-order valence-corrected chi connectivity index (χ2v) is 4.96. The molecule has 0 aliphatic carbocycles. The lowest BCUT2D eigenvalue weighted by Crippen LogP contribution is -2.58. The molecule has 0 spiro atoms. The standard InChI is InChI=1S/C11H6BrF7N2O2/c12-6-1-2-7(22)5(3-6)4-20-21-8(23)9(13,14)10(15,16)11(17,18)19/h1-4,22H,(H,21,23)/b20-4-. The molecule has 0 aliphatic heterocycles. The number of hydrogen-bond acceptors (Lipinski definition) is 3. The third-order valence-electron chi connectivity index (χ3n) is 2.39. The van der Waals surface area contributed by atoms with Crippen LogP contribution in [0.5, 0.6) is 5.75 Å². The molecule has 1 rings (SSSR count). The Morgan fingerprint density at radius 1 is 1.17 bits per heavy atom. The number of nitrogens with zero attached hydrogens (tertiary/aromatic N) is 1. The number of hydrogen-bond donors (Lipinski definition) is 2. The molecule has 0 saturated carbocycles. The molecular weight excluding hydrogens is 405 g/mol. The van der Waals surface area contributed by atoms with Crippen molar-refractivity contribution in [1.82, 2.24) is 5.43 Å². The van der Waals surface area contributed by atoms with E-state index in [0.717, 1.165) is 11.5 Å². The molecule has 0 bridgehead atoms. The lowest BCUT2D eigenvalue weighted by atomic mass is 10.1. The van der Waals surface area contributed by atoms with Gasteiger partial charge in [-0.05, 0) is 18.2 Å². The number of carbonyl (C=O) groups is 1. The largest absolute Gasteiger partial charge is 0.507 e. The smallest absolute Gasteiger partial charge is 0.460 e. The van der Waals surface area contributed by atoms with Crippen LogP contribution in [-0.4, -0.2) is 35.2 Å². The van der Waals surface area contributed by atoms with E-state index >= 15 is 0 Å². The lowest BCUT2D eigenvalue weighted by molar-refractivity contribution is -0.344. The molecule has 23 heavy (non-hydrogen) atoms. The number of aromatic hydroxyl groups is 1. The molecule has 0 aromatic heterocycles. The summed E-state index contributed by atoms with van der Waals surface area (Å²) in [5.41, 5.74) is 0.751. The van der Waals surface area contributed by atoms with Gasteiger partial charge in [-0.3, -0.25) is 4.79 Å². The Labute approximate surface area is 132 Å². The van der Waals surface area contributed by atoms with Crippen molar-refractivity contribution >= 4 is 28.1 Å². The summed E-state index contributed by atoms with van der Waals surface area (Å²) in [4.78, 5) is 10.9. The first-order valence-electron chi connectivity index (χ1n) is 5.45. The monoisotopic (exact) mass is 410 g/mol.